The molecule has 2 rings (SSSR count). The Kier molecular flexibility index (Phi) is 2.79. The molecule has 0 aliphatic carbocycles. The predicted octanol–water partition coefficient (Wildman–Crippen LogP) is 3.07. The minimum absolute atomic E-state index is 1.01. The van der Waals surface area contributed by atoms with E-state index in [-0.39, 0.29) is 0 Å². The van der Waals surface area contributed by atoms with Gasteiger partial charge in [0.15, 0.2) is 0 Å². The summed E-state index contributed by atoms with van der Waals surface area (Å²) in [6.07, 6.45) is 5.74. The van der Waals surface area contributed by atoms with Crippen molar-refractivity contribution in [3.05, 3.63) is 35.9 Å². The van der Waals surface area contributed by atoms with Crippen LogP contribution in [0.3, 0.4) is 0 Å². The van der Waals surface area contributed by atoms with Crippen molar-refractivity contribution >= 4 is 8.58 Å². The van der Waals surface area contributed by atoms with Crippen LogP contribution in [0.15, 0.2) is 30.3 Å². The topological polar surface area (TPSA) is 0 Å². The Bertz CT molecular complexity index is 224. The third-order valence-electron chi connectivity index (χ3n) is 2.49. The van der Waals surface area contributed by atoms with E-state index >= 15 is 0 Å². The lowest BCUT2D eigenvalue weighted by atomic mass is 10.1. The zero-order chi connectivity index (χ0) is 8.23. The van der Waals surface area contributed by atoms with Gasteiger partial charge in [0.1, 0.15) is 0 Å². The molecule has 1 heterocycles. The average molecular weight is 178 g/mol. The molecule has 1 unspecified atom stereocenters. The quantitative estimate of drug-likeness (QED) is 0.610. The van der Waals surface area contributed by atoms with E-state index in [0.717, 1.165) is 5.66 Å². The summed E-state index contributed by atoms with van der Waals surface area (Å²) in [6, 6.07) is 10.9. The first-order chi connectivity index (χ1) is 5.95. The van der Waals surface area contributed by atoms with Gasteiger partial charge in [0.25, 0.3) is 0 Å². The molecule has 0 saturated carbocycles. The van der Waals surface area contributed by atoms with E-state index in [1.807, 2.05) is 0 Å². The zero-order valence-corrected chi connectivity index (χ0v) is 8.29. The highest BCUT2D eigenvalue weighted by Gasteiger charge is 2.14. The SMILES string of the molecule is c1ccc(C[C@H]2CCCP2)cc1. The van der Waals surface area contributed by atoms with Crippen molar-refractivity contribution < 1.29 is 0 Å². The van der Waals surface area contributed by atoms with Gasteiger partial charge >= 0.3 is 0 Å². The molecular formula is C11H15P. The first kappa shape index (κ1) is 8.26. The molecule has 0 bridgehead atoms. The van der Waals surface area contributed by atoms with Gasteiger partial charge in [0.2, 0.25) is 0 Å². The summed E-state index contributed by atoms with van der Waals surface area (Å²) in [5, 5.41) is 0. The van der Waals surface area contributed by atoms with Crippen LogP contribution in [0, 0.1) is 0 Å². The van der Waals surface area contributed by atoms with E-state index in [1.54, 1.807) is 0 Å². The summed E-state index contributed by atoms with van der Waals surface area (Å²) in [7, 11) is 1.23. The molecule has 1 aliphatic heterocycles. The maximum absolute atomic E-state index is 2.25. The van der Waals surface area contributed by atoms with Gasteiger partial charge in [-0.05, 0) is 36.6 Å². The molecule has 1 aromatic rings. The van der Waals surface area contributed by atoms with Crippen LogP contribution in [0.4, 0.5) is 0 Å². The van der Waals surface area contributed by atoms with Gasteiger partial charge in [-0.1, -0.05) is 30.3 Å². The van der Waals surface area contributed by atoms with Crippen LogP contribution in [-0.2, 0) is 6.42 Å². The van der Waals surface area contributed by atoms with Gasteiger partial charge in [-0.25, -0.2) is 0 Å². The lowest BCUT2D eigenvalue weighted by Gasteiger charge is -2.07. The highest BCUT2D eigenvalue weighted by atomic mass is 31.1. The van der Waals surface area contributed by atoms with E-state index in [0.29, 0.717) is 0 Å². The van der Waals surface area contributed by atoms with Gasteiger partial charge in [-0.3, -0.25) is 0 Å². The summed E-state index contributed by atoms with van der Waals surface area (Å²) >= 11 is 0. The van der Waals surface area contributed by atoms with Crippen molar-refractivity contribution in [3.63, 3.8) is 0 Å². The van der Waals surface area contributed by atoms with Crippen LogP contribution < -0.4 is 0 Å². The first-order valence-corrected chi connectivity index (χ1v) is 6.01. The van der Waals surface area contributed by atoms with Gasteiger partial charge in [0, 0.05) is 0 Å². The Labute approximate surface area is 76.2 Å². The Morgan fingerprint density at radius 2 is 2.08 bits per heavy atom. The first-order valence-electron chi connectivity index (χ1n) is 4.72. The monoisotopic (exact) mass is 178 g/mol. The molecule has 64 valence electrons. The molecule has 2 atom stereocenters. The molecule has 1 aliphatic rings. The minimum atomic E-state index is 1.01. The Balaban J connectivity index is 1.94. The third kappa shape index (κ3) is 2.08. The van der Waals surface area contributed by atoms with Crippen molar-refractivity contribution in [3.8, 4) is 0 Å². The average Bonchev–Trinajstić information content (AvgIpc) is 2.59. The second-order valence-electron chi connectivity index (χ2n) is 3.48. The smallest absolute Gasteiger partial charge is 0.0196 e. The lowest BCUT2D eigenvalue weighted by Crippen LogP contribution is -1.99. The van der Waals surface area contributed by atoms with Crippen molar-refractivity contribution in [2.45, 2.75) is 24.9 Å². The number of hydrogen-bond donors (Lipinski definition) is 0. The second kappa shape index (κ2) is 4.05. The summed E-state index contributed by atoms with van der Waals surface area (Å²) in [5.41, 5.74) is 2.53. The Morgan fingerprint density at radius 1 is 1.25 bits per heavy atom. The fourth-order valence-electron chi connectivity index (χ4n) is 1.83. The third-order valence-corrected chi connectivity index (χ3v) is 4.20. The summed E-state index contributed by atoms with van der Waals surface area (Å²) in [6.45, 7) is 0. The number of rotatable bonds is 2. The minimum Gasteiger partial charge on any atom is -0.119 e. The van der Waals surface area contributed by atoms with Crippen molar-refractivity contribution in [1.82, 2.24) is 0 Å². The van der Waals surface area contributed by atoms with Gasteiger partial charge in [-0.2, -0.15) is 0 Å². The van der Waals surface area contributed by atoms with E-state index in [9.17, 15) is 0 Å². The van der Waals surface area contributed by atoms with Gasteiger partial charge < -0.3 is 0 Å². The van der Waals surface area contributed by atoms with E-state index in [4.69, 9.17) is 0 Å². The maximum atomic E-state index is 2.25. The molecule has 1 fully saturated rings. The second-order valence-corrected chi connectivity index (χ2v) is 5.21. The Morgan fingerprint density at radius 3 is 2.75 bits per heavy atom. The summed E-state index contributed by atoms with van der Waals surface area (Å²) < 4.78 is 0. The molecule has 0 radical (unpaired) electrons. The Hall–Kier alpha value is -0.350. The van der Waals surface area contributed by atoms with Crippen LogP contribution in [0.1, 0.15) is 18.4 Å². The lowest BCUT2D eigenvalue weighted by molar-refractivity contribution is 0.775. The highest BCUT2D eigenvalue weighted by molar-refractivity contribution is 7.39. The van der Waals surface area contributed by atoms with Crippen LogP contribution >= 0.6 is 8.58 Å². The van der Waals surface area contributed by atoms with E-state index in [1.165, 1.54) is 39.6 Å². The molecule has 0 spiro atoms. The van der Waals surface area contributed by atoms with Crippen molar-refractivity contribution in [2.24, 2.45) is 0 Å². The number of benzene rings is 1. The molecular weight excluding hydrogens is 163 g/mol. The standard InChI is InChI=1S/C11H15P/c1-2-5-10(6-3-1)9-11-7-4-8-12-11/h1-3,5-6,11-12H,4,7-9H2/t11-/m1/s1. The van der Waals surface area contributed by atoms with Crippen LogP contribution in [0.25, 0.3) is 0 Å². The molecule has 0 amide bonds. The summed E-state index contributed by atoms with van der Waals surface area (Å²) in [4.78, 5) is 0. The molecule has 1 saturated heterocycles. The largest absolute Gasteiger partial charge is 0.119 e. The molecule has 0 N–H and O–H groups in total. The van der Waals surface area contributed by atoms with Crippen LogP contribution in [-0.4, -0.2) is 11.8 Å². The van der Waals surface area contributed by atoms with Crippen LogP contribution in [0.2, 0.25) is 0 Å². The highest BCUT2D eigenvalue weighted by Crippen LogP contribution is 2.34. The zero-order valence-electron chi connectivity index (χ0n) is 7.29. The van der Waals surface area contributed by atoms with Crippen molar-refractivity contribution in [1.29, 1.82) is 0 Å². The van der Waals surface area contributed by atoms with Gasteiger partial charge in [0.05, 0.1) is 0 Å². The fraction of sp³-hybridized carbons (Fsp3) is 0.455. The van der Waals surface area contributed by atoms with Crippen LogP contribution in [0.5, 0.6) is 0 Å². The maximum Gasteiger partial charge on any atom is -0.0196 e. The van der Waals surface area contributed by atoms with Crippen molar-refractivity contribution in [2.75, 3.05) is 6.16 Å². The van der Waals surface area contributed by atoms with Gasteiger partial charge in [-0.15, -0.1) is 8.58 Å². The molecule has 0 aromatic heterocycles. The predicted molar refractivity (Wildman–Crippen MR) is 56.4 cm³/mol. The molecule has 1 aromatic carbocycles. The molecule has 12 heavy (non-hydrogen) atoms. The summed E-state index contributed by atoms with van der Waals surface area (Å²) in [5.74, 6) is 0. The fourth-order valence-corrected chi connectivity index (χ4v) is 3.43. The van der Waals surface area contributed by atoms with E-state index < -0.39 is 0 Å². The number of hydrogen-bond acceptors (Lipinski definition) is 0. The van der Waals surface area contributed by atoms with E-state index in [2.05, 4.69) is 30.3 Å². The molecule has 0 nitrogen and oxygen atoms in total. The molecule has 1 heteroatoms. The normalized spacial score (nSPS) is 24.8.